The third kappa shape index (κ3) is 4.39. The minimum absolute atomic E-state index is 0.147. The highest BCUT2D eigenvalue weighted by molar-refractivity contribution is 5.71. The topological polar surface area (TPSA) is 62.2 Å². The standard InChI is InChI=1S/C10H11F3N2O2/c11-10(12,13)8(9(16)17)6-15-5-7-2-1-3-14-4-7/h1-4,8,15H,5-6H2,(H,16,17). The maximum Gasteiger partial charge on any atom is 0.403 e. The molecule has 0 spiro atoms. The van der Waals surface area contributed by atoms with Crippen molar-refractivity contribution in [1.82, 2.24) is 10.3 Å². The second-order valence-corrected chi connectivity index (χ2v) is 3.42. The number of aliphatic carboxylic acids is 1. The summed E-state index contributed by atoms with van der Waals surface area (Å²) in [6.07, 6.45) is -1.70. The normalized spacial score (nSPS) is 13.4. The van der Waals surface area contributed by atoms with Crippen molar-refractivity contribution in [3.05, 3.63) is 30.1 Å². The zero-order valence-electron chi connectivity index (χ0n) is 8.74. The number of pyridine rings is 1. The second kappa shape index (κ2) is 5.62. The van der Waals surface area contributed by atoms with E-state index in [0.29, 0.717) is 5.56 Å². The van der Waals surface area contributed by atoms with Crippen molar-refractivity contribution >= 4 is 5.97 Å². The van der Waals surface area contributed by atoms with Crippen LogP contribution in [0, 0.1) is 5.92 Å². The fourth-order valence-corrected chi connectivity index (χ4v) is 1.21. The Balaban J connectivity index is 2.46. The summed E-state index contributed by atoms with van der Waals surface area (Å²) in [6.45, 7) is -0.512. The van der Waals surface area contributed by atoms with Crippen LogP contribution in [0.5, 0.6) is 0 Å². The lowest BCUT2D eigenvalue weighted by Crippen LogP contribution is -2.38. The van der Waals surface area contributed by atoms with Crippen LogP contribution < -0.4 is 5.32 Å². The molecule has 0 aliphatic heterocycles. The van der Waals surface area contributed by atoms with Crippen molar-refractivity contribution in [2.75, 3.05) is 6.54 Å². The van der Waals surface area contributed by atoms with Crippen molar-refractivity contribution in [1.29, 1.82) is 0 Å². The van der Waals surface area contributed by atoms with Crippen LogP contribution in [-0.2, 0) is 11.3 Å². The van der Waals surface area contributed by atoms with E-state index in [1.54, 1.807) is 18.3 Å². The summed E-state index contributed by atoms with van der Waals surface area (Å²) in [5, 5.41) is 10.9. The molecule has 0 saturated heterocycles. The van der Waals surface area contributed by atoms with Crippen LogP contribution in [0.2, 0.25) is 0 Å². The van der Waals surface area contributed by atoms with E-state index in [1.165, 1.54) is 6.20 Å². The van der Waals surface area contributed by atoms with Crippen molar-refractivity contribution in [3.8, 4) is 0 Å². The average Bonchev–Trinajstić information content (AvgIpc) is 2.23. The van der Waals surface area contributed by atoms with Crippen molar-refractivity contribution < 1.29 is 23.1 Å². The van der Waals surface area contributed by atoms with Gasteiger partial charge in [-0.05, 0) is 11.6 Å². The Labute approximate surface area is 95.5 Å². The molecule has 1 aromatic rings. The molecule has 1 aromatic heterocycles. The summed E-state index contributed by atoms with van der Waals surface area (Å²) in [6, 6.07) is 3.33. The molecule has 0 aliphatic rings. The van der Waals surface area contributed by atoms with E-state index in [-0.39, 0.29) is 6.54 Å². The quantitative estimate of drug-likeness (QED) is 0.827. The van der Waals surface area contributed by atoms with Crippen molar-refractivity contribution in [2.45, 2.75) is 12.7 Å². The lowest BCUT2D eigenvalue weighted by atomic mass is 10.1. The molecule has 1 heterocycles. The summed E-state index contributed by atoms with van der Waals surface area (Å²) < 4.78 is 36.8. The number of carboxylic acids is 1. The molecular weight excluding hydrogens is 237 g/mol. The summed E-state index contributed by atoms with van der Waals surface area (Å²) in [5.74, 6) is -4.27. The first-order valence-corrected chi connectivity index (χ1v) is 4.80. The van der Waals surface area contributed by atoms with Crippen LogP contribution in [0.3, 0.4) is 0 Å². The number of carbonyl (C=O) groups is 1. The van der Waals surface area contributed by atoms with Gasteiger partial charge in [-0.3, -0.25) is 9.78 Å². The van der Waals surface area contributed by atoms with Gasteiger partial charge in [0.05, 0.1) is 0 Å². The second-order valence-electron chi connectivity index (χ2n) is 3.42. The van der Waals surface area contributed by atoms with Crippen LogP contribution in [-0.4, -0.2) is 28.8 Å². The molecule has 0 amide bonds. The van der Waals surface area contributed by atoms with Gasteiger partial charge in [0.2, 0.25) is 0 Å². The number of nitrogens with one attached hydrogen (secondary N) is 1. The molecule has 4 nitrogen and oxygen atoms in total. The molecule has 1 atom stereocenters. The minimum atomic E-state index is -4.74. The van der Waals surface area contributed by atoms with Gasteiger partial charge < -0.3 is 10.4 Å². The molecule has 0 saturated carbocycles. The predicted octanol–water partition coefficient (Wildman–Crippen LogP) is 1.43. The Bertz CT molecular complexity index is 368. The Morgan fingerprint density at radius 1 is 1.53 bits per heavy atom. The first kappa shape index (κ1) is 13.4. The molecule has 0 aliphatic carbocycles. The van der Waals surface area contributed by atoms with E-state index in [0.717, 1.165) is 0 Å². The number of aromatic nitrogens is 1. The van der Waals surface area contributed by atoms with Gasteiger partial charge >= 0.3 is 12.1 Å². The van der Waals surface area contributed by atoms with Crippen LogP contribution in [0.15, 0.2) is 24.5 Å². The van der Waals surface area contributed by atoms with Crippen LogP contribution >= 0.6 is 0 Å². The molecule has 1 unspecified atom stereocenters. The van der Waals surface area contributed by atoms with E-state index in [4.69, 9.17) is 5.11 Å². The summed E-state index contributed by atoms with van der Waals surface area (Å²) in [4.78, 5) is 14.2. The Hall–Kier alpha value is -1.63. The van der Waals surface area contributed by atoms with Crippen molar-refractivity contribution in [3.63, 3.8) is 0 Å². The zero-order valence-corrected chi connectivity index (χ0v) is 8.74. The van der Waals surface area contributed by atoms with Gasteiger partial charge in [0, 0.05) is 25.5 Å². The third-order valence-electron chi connectivity index (χ3n) is 2.09. The molecule has 7 heteroatoms. The van der Waals surface area contributed by atoms with Crippen LogP contribution in [0.25, 0.3) is 0 Å². The van der Waals surface area contributed by atoms with Gasteiger partial charge in [-0.2, -0.15) is 13.2 Å². The largest absolute Gasteiger partial charge is 0.481 e. The maximum absolute atomic E-state index is 12.3. The van der Waals surface area contributed by atoms with E-state index in [1.807, 2.05) is 0 Å². The van der Waals surface area contributed by atoms with Gasteiger partial charge in [0.15, 0.2) is 5.92 Å². The molecule has 2 N–H and O–H groups in total. The van der Waals surface area contributed by atoms with Gasteiger partial charge in [0.1, 0.15) is 0 Å². The molecule has 1 rings (SSSR count). The van der Waals surface area contributed by atoms with Crippen LogP contribution in [0.4, 0.5) is 13.2 Å². The number of hydrogen-bond donors (Lipinski definition) is 2. The molecule has 94 valence electrons. The number of carboxylic acid groups (broad SMARTS) is 1. The van der Waals surface area contributed by atoms with E-state index >= 15 is 0 Å². The molecule has 0 radical (unpaired) electrons. The molecule has 0 fully saturated rings. The van der Waals surface area contributed by atoms with Gasteiger partial charge in [-0.25, -0.2) is 0 Å². The van der Waals surface area contributed by atoms with Gasteiger partial charge in [-0.15, -0.1) is 0 Å². The lowest BCUT2D eigenvalue weighted by molar-refractivity contribution is -0.192. The predicted molar refractivity (Wildman–Crippen MR) is 53.1 cm³/mol. The number of nitrogens with zero attached hydrogens (tertiary/aromatic N) is 1. The fraction of sp³-hybridized carbons (Fsp3) is 0.400. The van der Waals surface area contributed by atoms with E-state index in [9.17, 15) is 18.0 Å². The van der Waals surface area contributed by atoms with Gasteiger partial charge in [-0.1, -0.05) is 6.07 Å². The Morgan fingerprint density at radius 2 is 2.24 bits per heavy atom. The SMILES string of the molecule is O=C(O)C(CNCc1cccnc1)C(F)(F)F. The first-order valence-electron chi connectivity index (χ1n) is 4.80. The lowest BCUT2D eigenvalue weighted by Gasteiger charge is -2.16. The van der Waals surface area contributed by atoms with Crippen molar-refractivity contribution in [2.24, 2.45) is 5.92 Å². The van der Waals surface area contributed by atoms with E-state index < -0.39 is 24.6 Å². The molecule has 0 aromatic carbocycles. The Kier molecular flexibility index (Phi) is 4.45. The highest BCUT2D eigenvalue weighted by Crippen LogP contribution is 2.25. The highest BCUT2D eigenvalue weighted by Gasteiger charge is 2.44. The van der Waals surface area contributed by atoms with E-state index in [2.05, 4.69) is 10.3 Å². The average molecular weight is 248 g/mol. The molecule has 0 bridgehead atoms. The monoisotopic (exact) mass is 248 g/mol. The molecular formula is C10H11F3N2O2. The Morgan fingerprint density at radius 3 is 2.71 bits per heavy atom. The fourth-order valence-electron chi connectivity index (χ4n) is 1.21. The summed E-state index contributed by atoms with van der Waals surface area (Å²) in [7, 11) is 0. The highest BCUT2D eigenvalue weighted by atomic mass is 19.4. The first-order chi connectivity index (χ1) is 7.91. The minimum Gasteiger partial charge on any atom is -0.481 e. The number of rotatable bonds is 5. The molecule has 17 heavy (non-hydrogen) atoms. The maximum atomic E-state index is 12.3. The smallest absolute Gasteiger partial charge is 0.403 e. The number of alkyl halides is 3. The number of halogens is 3. The van der Waals surface area contributed by atoms with Crippen LogP contribution in [0.1, 0.15) is 5.56 Å². The summed E-state index contributed by atoms with van der Waals surface area (Å²) in [5.41, 5.74) is 0.693. The van der Waals surface area contributed by atoms with Gasteiger partial charge in [0.25, 0.3) is 0 Å². The summed E-state index contributed by atoms with van der Waals surface area (Å²) >= 11 is 0. The third-order valence-corrected chi connectivity index (χ3v) is 2.09. The number of hydrogen-bond acceptors (Lipinski definition) is 3. The zero-order chi connectivity index (χ0) is 12.9.